The van der Waals surface area contributed by atoms with Crippen LogP contribution >= 0.6 is 23.2 Å². The van der Waals surface area contributed by atoms with Crippen LogP contribution in [0.15, 0.2) is 18.2 Å². The second-order valence-electron chi connectivity index (χ2n) is 3.67. The maximum absolute atomic E-state index is 11.6. The molecule has 0 radical (unpaired) electrons. The molecule has 0 spiro atoms. The Morgan fingerprint density at radius 1 is 1.29 bits per heavy atom. The van der Waals surface area contributed by atoms with Gasteiger partial charge in [-0.1, -0.05) is 30.1 Å². The number of amides is 1. The smallest absolute Gasteiger partial charge is 0.225 e. The summed E-state index contributed by atoms with van der Waals surface area (Å²) in [5.41, 5.74) is 0.555. The summed E-state index contributed by atoms with van der Waals surface area (Å²) in [5, 5.41) is 6.93. The highest BCUT2D eigenvalue weighted by atomic mass is 35.5. The molecule has 1 rings (SSSR count). The summed E-state index contributed by atoms with van der Waals surface area (Å²) in [6, 6.07) is 4.98. The van der Waals surface area contributed by atoms with E-state index in [0.717, 1.165) is 13.0 Å². The number of benzene rings is 1. The van der Waals surface area contributed by atoms with Crippen molar-refractivity contribution in [1.29, 1.82) is 0 Å². The van der Waals surface area contributed by atoms with Crippen LogP contribution in [-0.4, -0.2) is 19.0 Å². The normalized spacial score (nSPS) is 10.3. The van der Waals surface area contributed by atoms with E-state index in [1.807, 2.05) is 0 Å². The summed E-state index contributed by atoms with van der Waals surface area (Å²) in [6.07, 6.45) is 1.48. The largest absolute Gasteiger partial charge is 0.325 e. The zero-order valence-electron chi connectivity index (χ0n) is 9.72. The van der Waals surface area contributed by atoms with Gasteiger partial charge in [-0.15, -0.1) is 0 Å². The standard InChI is InChI=1S/C12H16Cl2N2O/c1-2-6-15-7-5-12(17)16-11-8-9(13)3-4-10(11)14/h3-4,8,15H,2,5-7H2,1H3,(H,16,17). The van der Waals surface area contributed by atoms with Crippen molar-refractivity contribution >= 4 is 34.8 Å². The third-order valence-electron chi connectivity index (χ3n) is 2.16. The van der Waals surface area contributed by atoms with E-state index in [9.17, 15) is 4.79 Å². The van der Waals surface area contributed by atoms with Crippen LogP contribution in [0.2, 0.25) is 10.0 Å². The first-order valence-electron chi connectivity index (χ1n) is 5.59. The predicted octanol–water partition coefficient (Wildman–Crippen LogP) is 3.32. The average Bonchev–Trinajstić information content (AvgIpc) is 2.29. The molecule has 1 aromatic rings. The molecule has 0 saturated carbocycles. The highest BCUT2D eigenvalue weighted by Gasteiger charge is 2.05. The van der Waals surface area contributed by atoms with Crippen LogP contribution in [-0.2, 0) is 4.79 Å². The Hall–Kier alpha value is -0.770. The van der Waals surface area contributed by atoms with Gasteiger partial charge in [-0.25, -0.2) is 0 Å². The van der Waals surface area contributed by atoms with E-state index < -0.39 is 0 Å². The number of hydrogen-bond acceptors (Lipinski definition) is 2. The van der Waals surface area contributed by atoms with Gasteiger partial charge >= 0.3 is 0 Å². The Morgan fingerprint density at radius 2 is 2.06 bits per heavy atom. The van der Waals surface area contributed by atoms with Gasteiger partial charge in [-0.2, -0.15) is 0 Å². The summed E-state index contributed by atoms with van der Waals surface area (Å²) in [6.45, 7) is 3.67. The Bertz CT molecular complexity index is 383. The molecule has 0 unspecified atom stereocenters. The third-order valence-corrected chi connectivity index (χ3v) is 2.72. The lowest BCUT2D eigenvalue weighted by molar-refractivity contribution is -0.116. The molecule has 0 saturated heterocycles. The quantitative estimate of drug-likeness (QED) is 0.782. The van der Waals surface area contributed by atoms with E-state index in [1.165, 1.54) is 0 Å². The van der Waals surface area contributed by atoms with Gasteiger partial charge in [0.05, 0.1) is 10.7 Å². The van der Waals surface area contributed by atoms with Crippen molar-refractivity contribution < 1.29 is 4.79 Å². The Labute approximate surface area is 111 Å². The molecular formula is C12H16Cl2N2O. The second kappa shape index (κ2) is 7.54. The number of hydrogen-bond donors (Lipinski definition) is 2. The molecular weight excluding hydrogens is 259 g/mol. The molecule has 0 aromatic heterocycles. The van der Waals surface area contributed by atoms with Crippen LogP contribution in [0, 0.1) is 0 Å². The molecule has 94 valence electrons. The van der Waals surface area contributed by atoms with Gasteiger partial charge in [0.1, 0.15) is 0 Å². The third kappa shape index (κ3) is 5.39. The molecule has 0 bridgehead atoms. The molecule has 0 fully saturated rings. The minimum atomic E-state index is -0.0715. The van der Waals surface area contributed by atoms with E-state index >= 15 is 0 Å². The molecule has 1 amide bonds. The number of anilines is 1. The summed E-state index contributed by atoms with van der Waals surface area (Å²) >= 11 is 11.8. The number of halogens is 2. The van der Waals surface area contributed by atoms with Crippen LogP contribution < -0.4 is 10.6 Å². The van der Waals surface area contributed by atoms with E-state index in [4.69, 9.17) is 23.2 Å². The molecule has 3 nitrogen and oxygen atoms in total. The SMILES string of the molecule is CCCNCCC(=O)Nc1cc(Cl)ccc1Cl. The highest BCUT2D eigenvalue weighted by molar-refractivity contribution is 6.35. The van der Waals surface area contributed by atoms with Gasteiger partial charge < -0.3 is 10.6 Å². The summed E-state index contributed by atoms with van der Waals surface area (Å²) < 4.78 is 0. The van der Waals surface area contributed by atoms with Crippen molar-refractivity contribution in [2.75, 3.05) is 18.4 Å². The maximum atomic E-state index is 11.6. The number of carbonyl (C=O) groups is 1. The van der Waals surface area contributed by atoms with Crippen LogP contribution in [0.3, 0.4) is 0 Å². The van der Waals surface area contributed by atoms with Crippen molar-refractivity contribution in [2.45, 2.75) is 19.8 Å². The first-order chi connectivity index (χ1) is 8.13. The van der Waals surface area contributed by atoms with Crippen molar-refractivity contribution in [3.8, 4) is 0 Å². The molecule has 0 heterocycles. The molecule has 2 N–H and O–H groups in total. The van der Waals surface area contributed by atoms with Crippen LogP contribution in [0.25, 0.3) is 0 Å². The number of rotatable bonds is 6. The lowest BCUT2D eigenvalue weighted by atomic mass is 10.3. The fraction of sp³-hybridized carbons (Fsp3) is 0.417. The van der Waals surface area contributed by atoms with Gasteiger partial charge in [0, 0.05) is 18.0 Å². The number of nitrogens with one attached hydrogen (secondary N) is 2. The Morgan fingerprint density at radius 3 is 2.76 bits per heavy atom. The lowest BCUT2D eigenvalue weighted by Gasteiger charge is -2.08. The molecule has 0 aliphatic heterocycles. The average molecular weight is 275 g/mol. The minimum absolute atomic E-state index is 0.0715. The van der Waals surface area contributed by atoms with E-state index in [-0.39, 0.29) is 5.91 Å². The zero-order chi connectivity index (χ0) is 12.7. The highest BCUT2D eigenvalue weighted by Crippen LogP contribution is 2.25. The first-order valence-corrected chi connectivity index (χ1v) is 6.34. The van der Waals surface area contributed by atoms with Crippen molar-refractivity contribution in [2.24, 2.45) is 0 Å². The molecule has 17 heavy (non-hydrogen) atoms. The topological polar surface area (TPSA) is 41.1 Å². The molecule has 5 heteroatoms. The number of carbonyl (C=O) groups excluding carboxylic acids is 1. The Kier molecular flexibility index (Phi) is 6.34. The van der Waals surface area contributed by atoms with Crippen molar-refractivity contribution in [1.82, 2.24) is 5.32 Å². The molecule has 0 aliphatic carbocycles. The van der Waals surface area contributed by atoms with Gasteiger partial charge in [0.25, 0.3) is 0 Å². The van der Waals surface area contributed by atoms with E-state index in [1.54, 1.807) is 18.2 Å². The summed E-state index contributed by atoms with van der Waals surface area (Å²) in [7, 11) is 0. The van der Waals surface area contributed by atoms with Crippen molar-refractivity contribution in [3.63, 3.8) is 0 Å². The van der Waals surface area contributed by atoms with Gasteiger partial charge in [0.2, 0.25) is 5.91 Å². The van der Waals surface area contributed by atoms with Crippen LogP contribution in [0.4, 0.5) is 5.69 Å². The second-order valence-corrected chi connectivity index (χ2v) is 4.52. The fourth-order valence-electron chi connectivity index (χ4n) is 1.31. The Balaban J connectivity index is 2.42. The van der Waals surface area contributed by atoms with E-state index in [0.29, 0.717) is 28.7 Å². The summed E-state index contributed by atoms with van der Waals surface area (Å²) in [5.74, 6) is -0.0715. The molecule has 1 aromatic carbocycles. The fourth-order valence-corrected chi connectivity index (χ4v) is 1.65. The van der Waals surface area contributed by atoms with Crippen LogP contribution in [0.1, 0.15) is 19.8 Å². The maximum Gasteiger partial charge on any atom is 0.225 e. The van der Waals surface area contributed by atoms with E-state index in [2.05, 4.69) is 17.6 Å². The van der Waals surface area contributed by atoms with Gasteiger partial charge in [0.15, 0.2) is 0 Å². The molecule has 0 aliphatic rings. The minimum Gasteiger partial charge on any atom is -0.325 e. The predicted molar refractivity (Wildman–Crippen MR) is 72.9 cm³/mol. The van der Waals surface area contributed by atoms with Gasteiger partial charge in [-0.3, -0.25) is 4.79 Å². The van der Waals surface area contributed by atoms with Gasteiger partial charge in [-0.05, 0) is 31.2 Å². The van der Waals surface area contributed by atoms with Crippen LogP contribution in [0.5, 0.6) is 0 Å². The molecule has 0 atom stereocenters. The first kappa shape index (κ1) is 14.3. The van der Waals surface area contributed by atoms with Crippen molar-refractivity contribution in [3.05, 3.63) is 28.2 Å². The zero-order valence-corrected chi connectivity index (χ0v) is 11.2. The summed E-state index contributed by atoms with van der Waals surface area (Å²) in [4.78, 5) is 11.6. The monoisotopic (exact) mass is 274 g/mol. The lowest BCUT2D eigenvalue weighted by Crippen LogP contribution is -2.22.